The molecule has 0 bridgehead atoms. The maximum absolute atomic E-state index is 13.6. The average Bonchev–Trinajstić information content (AvgIpc) is 3.70. The Bertz CT molecular complexity index is 1770. The molecule has 0 aliphatic heterocycles. The second-order valence-corrected chi connectivity index (χ2v) is 10.8. The maximum atomic E-state index is 13.6. The number of nitrogens with zero attached hydrogens (tertiary/aromatic N) is 9. The van der Waals surface area contributed by atoms with E-state index < -0.39 is 0 Å². The lowest BCUT2D eigenvalue weighted by Crippen LogP contribution is -2.49. The van der Waals surface area contributed by atoms with Gasteiger partial charge in [0, 0.05) is 43.1 Å². The lowest BCUT2D eigenvalue weighted by molar-refractivity contribution is 0.240. The van der Waals surface area contributed by atoms with Crippen LogP contribution in [0.5, 0.6) is 0 Å². The Morgan fingerprint density at radius 3 is 2.55 bits per heavy atom. The summed E-state index contributed by atoms with van der Waals surface area (Å²) in [5, 5.41) is 27.4. The van der Waals surface area contributed by atoms with E-state index in [0.717, 1.165) is 42.5 Å². The molecule has 13 nitrogen and oxygen atoms in total. The molecule has 222 valence electrons. The van der Waals surface area contributed by atoms with Crippen LogP contribution in [0.3, 0.4) is 0 Å². The molecule has 5 aromatic rings. The van der Waals surface area contributed by atoms with Crippen LogP contribution in [0, 0.1) is 18.3 Å². The van der Waals surface area contributed by atoms with E-state index in [2.05, 4.69) is 51.9 Å². The molecule has 13 heteroatoms. The molecule has 2 amide bonds. The molecule has 0 spiro atoms. The highest BCUT2D eigenvalue weighted by Gasteiger charge is 2.31. The number of aromatic amines is 1. The number of nitrogens with one attached hydrogen (secondary N) is 3. The molecule has 44 heavy (non-hydrogen) atoms. The van der Waals surface area contributed by atoms with Gasteiger partial charge in [0.25, 0.3) is 0 Å². The summed E-state index contributed by atoms with van der Waals surface area (Å²) < 4.78 is 1.71. The topological polar surface area (TPSA) is 166 Å². The quantitative estimate of drug-likeness (QED) is 0.238. The van der Waals surface area contributed by atoms with Crippen molar-refractivity contribution in [2.24, 2.45) is 7.05 Å². The van der Waals surface area contributed by atoms with Crippen LogP contribution in [0.25, 0.3) is 22.6 Å². The number of hydrogen-bond donors (Lipinski definition) is 3. The monoisotopic (exact) mass is 588 g/mol. The van der Waals surface area contributed by atoms with Gasteiger partial charge in [0.1, 0.15) is 17.5 Å². The predicted molar refractivity (Wildman–Crippen MR) is 164 cm³/mol. The van der Waals surface area contributed by atoms with Crippen molar-refractivity contribution in [2.45, 2.75) is 51.2 Å². The van der Waals surface area contributed by atoms with Gasteiger partial charge >= 0.3 is 6.03 Å². The number of H-pyrrole nitrogens is 1. The fourth-order valence-corrected chi connectivity index (χ4v) is 5.39. The zero-order chi connectivity index (χ0) is 30.5. The first-order valence-electron chi connectivity index (χ1n) is 14.4. The number of hydrogen-bond acceptors (Lipinski definition) is 9. The molecule has 1 fully saturated rings. The van der Waals surface area contributed by atoms with Gasteiger partial charge in [-0.25, -0.2) is 19.7 Å². The van der Waals surface area contributed by atoms with E-state index >= 15 is 0 Å². The van der Waals surface area contributed by atoms with Gasteiger partial charge in [0.05, 0.1) is 36.0 Å². The lowest BCUT2D eigenvalue weighted by atomic mass is 9.90. The summed E-state index contributed by atoms with van der Waals surface area (Å²) in [5.74, 6) is 0.936. The van der Waals surface area contributed by atoms with Crippen LogP contribution in [0.2, 0.25) is 0 Å². The first-order valence-corrected chi connectivity index (χ1v) is 14.4. The molecule has 0 unspecified atom stereocenters. The van der Waals surface area contributed by atoms with Crippen LogP contribution in [0.15, 0.2) is 67.4 Å². The van der Waals surface area contributed by atoms with Crippen LogP contribution >= 0.6 is 0 Å². The number of aromatic nitrogens is 8. The largest absolute Gasteiger partial charge is 0.351 e. The Labute approximate surface area is 254 Å². The fraction of sp³-hybridized carbons (Fsp3) is 0.290. The molecule has 0 atom stereocenters. The second-order valence-electron chi connectivity index (χ2n) is 10.8. The van der Waals surface area contributed by atoms with Gasteiger partial charge in [0.2, 0.25) is 5.95 Å². The van der Waals surface area contributed by atoms with Crippen molar-refractivity contribution in [3.05, 3.63) is 84.2 Å². The Morgan fingerprint density at radius 1 is 1.07 bits per heavy atom. The van der Waals surface area contributed by atoms with E-state index in [9.17, 15) is 10.1 Å². The molecule has 1 saturated carbocycles. The summed E-state index contributed by atoms with van der Waals surface area (Å²) in [6, 6.07) is 13.6. The molecular weight excluding hydrogens is 556 g/mol. The number of aryl methyl sites for hydroxylation is 2. The van der Waals surface area contributed by atoms with Gasteiger partial charge in [-0.15, -0.1) is 0 Å². The summed E-state index contributed by atoms with van der Waals surface area (Å²) in [6.07, 6.45) is 11.5. The standard InChI is InChI=1S/C31H32N12O/c1-20-12-26(41-40-20)29-22(13-32)15-35-30(39-29)38-24-8-10-25(11-9-24)43(31(44)36-14-21-6-4-3-5-7-21)28-18-33-27(17-34-28)23-16-37-42(2)19-23/h3-7,12,15-19,24-25H,8-11,14H2,1-2H3,(H,36,44)(H,40,41)(H,35,38,39). The molecule has 0 radical (unpaired) electrons. The number of amides is 2. The maximum Gasteiger partial charge on any atom is 0.323 e. The SMILES string of the molecule is Cc1cc(-c2nc(NC3CCC(N(C(=O)NCc4ccccc4)c4cnc(-c5cnn(C)c5)cn4)CC3)ncc2C#N)n[nH]1. The summed E-state index contributed by atoms with van der Waals surface area (Å²) in [7, 11) is 1.85. The Hall–Kier alpha value is -5.64. The van der Waals surface area contributed by atoms with Crippen LogP contribution in [-0.2, 0) is 13.6 Å². The summed E-state index contributed by atoms with van der Waals surface area (Å²) in [6.45, 7) is 2.30. The number of carbonyl (C=O) groups excluding carboxylic acids is 1. The molecular formula is C31H32N12O. The van der Waals surface area contributed by atoms with Crippen molar-refractivity contribution in [1.29, 1.82) is 5.26 Å². The van der Waals surface area contributed by atoms with E-state index in [0.29, 0.717) is 41.0 Å². The minimum Gasteiger partial charge on any atom is -0.351 e. The van der Waals surface area contributed by atoms with Crippen LogP contribution in [0.1, 0.15) is 42.5 Å². The first kappa shape index (κ1) is 28.5. The number of urea groups is 1. The zero-order valence-corrected chi connectivity index (χ0v) is 24.5. The Kier molecular flexibility index (Phi) is 8.22. The van der Waals surface area contributed by atoms with Gasteiger partial charge in [0.15, 0.2) is 5.82 Å². The number of benzene rings is 1. The highest BCUT2D eigenvalue weighted by atomic mass is 16.2. The molecule has 3 N–H and O–H groups in total. The van der Waals surface area contributed by atoms with E-state index in [-0.39, 0.29) is 18.1 Å². The van der Waals surface area contributed by atoms with Gasteiger partial charge in [-0.2, -0.15) is 15.5 Å². The van der Waals surface area contributed by atoms with E-state index in [4.69, 9.17) is 0 Å². The fourth-order valence-electron chi connectivity index (χ4n) is 5.39. The van der Waals surface area contributed by atoms with Crippen LogP contribution in [-0.4, -0.2) is 58.0 Å². The molecule has 4 aromatic heterocycles. The van der Waals surface area contributed by atoms with Crippen molar-refractivity contribution in [1.82, 2.24) is 45.2 Å². The summed E-state index contributed by atoms with van der Waals surface area (Å²) >= 11 is 0. The van der Waals surface area contributed by atoms with Gasteiger partial charge in [-0.05, 0) is 44.2 Å². The predicted octanol–water partition coefficient (Wildman–Crippen LogP) is 4.38. The molecule has 1 aliphatic rings. The first-order chi connectivity index (χ1) is 21.5. The zero-order valence-electron chi connectivity index (χ0n) is 24.5. The normalized spacial score (nSPS) is 16.2. The molecule has 0 saturated heterocycles. The number of nitriles is 1. The number of carbonyl (C=O) groups is 1. The minimum atomic E-state index is -0.219. The third-order valence-electron chi connectivity index (χ3n) is 7.64. The van der Waals surface area contributed by atoms with Crippen molar-refractivity contribution < 1.29 is 4.79 Å². The summed E-state index contributed by atoms with van der Waals surface area (Å²) in [4.78, 5) is 33.6. The third kappa shape index (κ3) is 6.39. The van der Waals surface area contributed by atoms with Gasteiger partial charge in [-0.1, -0.05) is 30.3 Å². The number of rotatable bonds is 8. The Balaban J connectivity index is 1.17. The third-order valence-corrected chi connectivity index (χ3v) is 7.64. The van der Waals surface area contributed by atoms with E-state index in [1.807, 2.05) is 56.6 Å². The Morgan fingerprint density at radius 2 is 1.89 bits per heavy atom. The van der Waals surface area contributed by atoms with Crippen LogP contribution in [0.4, 0.5) is 16.6 Å². The molecule has 1 aliphatic carbocycles. The molecule has 4 heterocycles. The summed E-state index contributed by atoms with van der Waals surface area (Å²) in [5.41, 5.74) is 4.87. The minimum absolute atomic E-state index is 0.0770. The lowest BCUT2D eigenvalue weighted by Gasteiger charge is -2.36. The van der Waals surface area contributed by atoms with Crippen LogP contribution < -0.4 is 15.5 Å². The second kappa shape index (κ2) is 12.7. The van der Waals surface area contributed by atoms with Gasteiger partial charge < -0.3 is 10.6 Å². The van der Waals surface area contributed by atoms with Crippen molar-refractivity contribution >= 4 is 17.8 Å². The smallest absolute Gasteiger partial charge is 0.323 e. The van der Waals surface area contributed by atoms with E-state index in [1.165, 1.54) is 6.20 Å². The molecule has 1 aromatic carbocycles. The number of anilines is 2. The highest BCUT2D eigenvalue weighted by molar-refractivity contribution is 5.91. The van der Waals surface area contributed by atoms with E-state index in [1.54, 1.807) is 28.2 Å². The van der Waals surface area contributed by atoms with Crippen molar-refractivity contribution in [3.63, 3.8) is 0 Å². The van der Waals surface area contributed by atoms with Gasteiger partial charge in [-0.3, -0.25) is 19.7 Å². The van der Waals surface area contributed by atoms with Crippen molar-refractivity contribution in [2.75, 3.05) is 10.2 Å². The highest BCUT2D eigenvalue weighted by Crippen LogP contribution is 2.29. The average molecular weight is 589 g/mol. The van der Waals surface area contributed by atoms with Crippen molar-refractivity contribution in [3.8, 4) is 28.7 Å². The molecule has 6 rings (SSSR count).